The predicted molar refractivity (Wildman–Crippen MR) is 75.3 cm³/mol. The largest absolute Gasteiger partial charge is 0.444 e. The van der Waals surface area contributed by atoms with E-state index in [0.717, 1.165) is 38.5 Å². The summed E-state index contributed by atoms with van der Waals surface area (Å²) in [6.45, 7) is 5.53. The monoisotopic (exact) mass is 280 g/mol. The van der Waals surface area contributed by atoms with Crippen LogP contribution in [0.3, 0.4) is 0 Å². The number of amides is 1. The van der Waals surface area contributed by atoms with Crippen LogP contribution in [-0.2, 0) is 9.53 Å². The number of nitrogens with one attached hydrogen (secondary N) is 1. The van der Waals surface area contributed by atoms with Gasteiger partial charge in [0, 0.05) is 0 Å². The Bertz CT molecular complexity index is 423. The van der Waals surface area contributed by atoms with Gasteiger partial charge in [-0.25, -0.2) is 9.59 Å². The third-order valence-corrected chi connectivity index (χ3v) is 4.32. The van der Waals surface area contributed by atoms with E-state index in [1.807, 2.05) is 20.8 Å². The number of hydrogen-bond acceptors (Lipinski definition) is 4. The van der Waals surface area contributed by atoms with Gasteiger partial charge >= 0.3 is 6.09 Å². The SMILES string of the molecule is CC(C)(C)OC(=O)NC1(C2(N=C=O)CC2)CCCCC1. The molecule has 0 atom stereocenters. The average Bonchev–Trinajstić information content (AvgIpc) is 3.09. The summed E-state index contributed by atoms with van der Waals surface area (Å²) in [6.07, 6.45) is 7.95. The van der Waals surface area contributed by atoms with Crippen LogP contribution in [0.2, 0.25) is 0 Å². The van der Waals surface area contributed by atoms with Crippen molar-refractivity contribution < 1.29 is 14.3 Å². The fourth-order valence-corrected chi connectivity index (χ4v) is 3.26. The number of nitrogens with zero attached hydrogens (tertiary/aromatic N) is 1. The fourth-order valence-electron chi connectivity index (χ4n) is 3.26. The standard InChI is InChI=1S/C15H24N2O3/c1-13(2,3)20-12(19)17-15(7-5-4-6-8-15)14(9-10-14)16-11-18/h4-10H2,1-3H3,(H,17,19). The minimum absolute atomic E-state index is 0.410. The van der Waals surface area contributed by atoms with E-state index in [1.54, 1.807) is 6.08 Å². The Morgan fingerprint density at radius 3 is 2.20 bits per heavy atom. The van der Waals surface area contributed by atoms with Crippen molar-refractivity contribution in [3.05, 3.63) is 0 Å². The Hall–Kier alpha value is -1.35. The molecule has 2 aliphatic carbocycles. The first kappa shape index (κ1) is 15.0. The van der Waals surface area contributed by atoms with E-state index in [-0.39, 0.29) is 0 Å². The van der Waals surface area contributed by atoms with Gasteiger partial charge in [0.2, 0.25) is 6.08 Å². The highest BCUT2D eigenvalue weighted by atomic mass is 16.6. The molecule has 1 amide bonds. The number of ether oxygens (including phenoxy) is 1. The Labute approximate surface area is 120 Å². The molecular formula is C15H24N2O3. The molecule has 1 N–H and O–H groups in total. The van der Waals surface area contributed by atoms with E-state index in [1.165, 1.54) is 6.42 Å². The van der Waals surface area contributed by atoms with E-state index >= 15 is 0 Å². The van der Waals surface area contributed by atoms with Gasteiger partial charge in [-0.15, -0.1) is 0 Å². The number of alkyl carbamates (subject to hydrolysis) is 1. The zero-order valence-electron chi connectivity index (χ0n) is 12.6. The van der Waals surface area contributed by atoms with Crippen molar-refractivity contribution in [3.8, 4) is 0 Å². The van der Waals surface area contributed by atoms with Crippen LogP contribution in [-0.4, -0.2) is 28.9 Å². The van der Waals surface area contributed by atoms with Gasteiger partial charge in [0.15, 0.2) is 0 Å². The van der Waals surface area contributed by atoms with Crippen LogP contribution >= 0.6 is 0 Å². The van der Waals surface area contributed by atoms with E-state index in [0.29, 0.717) is 0 Å². The van der Waals surface area contributed by atoms with E-state index in [9.17, 15) is 9.59 Å². The van der Waals surface area contributed by atoms with E-state index in [2.05, 4.69) is 10.3 Å². The van der Waals surface area contributed by atoms with Crippen molar-refractivity contribution in [2.75, 3.05) is 0 Å². The Morgan fingerprint density at radius 1 is 1.15 bits per heavy atom. The van der Waals surface area contributed by atoms with Gasteiger partial charge in [-0.1, -0.05) is 19.3 Å². The van der Waals surface area contributed by atoms with Gasteiger partial charge in [0.1, 0.15) is 5.60 Å². The van der Waals surface area contributed by atoms with E-state index < -0.39 is 22.8 Å². The van der Waals surface area contributed by atoms with Crippen molar-refractivity contribution in [2.45, 2.75) is 82.4 Å². The topological polar surface area (TPSA) is 67.8 Å². The van der Waals surface area contributed by atoms with Crippen molar-refractivity contribution >= 4 is 12.2 Å². The summed E-state index contributed by atoms with van der Waals surface area (Å²) in [4.78, 5) is 26.9. The maximum Gasteiger partial charge on any atom is 0.408 e. The Morgan fingerprint density at radius 2 is 1.75 bits per heavy atom. The van der Waals surface area contributed by atoms with Crippen LogP contribution in [0, 0.1) is 0 Å². The van der Waals surface area contributed by atoms with Crippen LogP contribution in [0.5, 0.6) is 0 Å². The maximum atomic E-state index is 12.1. The number of rotatable bonds is 3. The van der Waals surface area contributed by atoms with Crippen molar-refractivity contribution in [2.24, 2.45) is 4.99 Å². The summed E-state index contributed by atoms with van der Waals surface area (Å²) in [5, 5.41) is 3.04. The molecule has 20 heavy (non-hydrogen) atoms. The van der Waals surface area contributed by atoms with Gasteiger partial charge < -0.3 is 10.1 Å². The highest BCUT2D eigenvalue weighted by Gasteiger charge is 2.61. The minimum Gasteiger partial charge on any atom is -0.444 e. The predicted octanol–water partition coefficient (Wildman–Crippen LogP) is 3.08. The van der Waals surface area contributed by atoms with Crippen molar-refractivity contribution in [1.29, 1.82) is 0 Å². The minimum atomic E-state index is -0.523. The van der Waals surface area contributed by atoms with Crippen molar-refractivity contribution in [1.82, 2.24) is 5.32 Å². The van der Waals surface area contributed by atoms with Gasteiger partial charge in [-0.2, -0.15) is 4.99 Å². The molecule has 2 fully saturated rings. The molecule has 0 unspecified atom stereocenters. The molecule has 0 aromatic carbocycles. The lowest BCUT2D eigenvalue weighted by Crippen LogP contribution is -2.59. The molecule has 2 rings (SSSR count). The van der Waals surface area contributed by atoms with Crippen LogP contribution in [0.15, 0.2) is 4.99 Å². The van der Waals surface area contributed by atoms with Gasteiger partial charge in [-0.3, -0.25) is 0 Å². The molecule has 0 spiro atoms. The third-order valence-electron chi connectivity index (χ3n) is 4.32. The molecule has 0 aliphatic heterocycles. The number of carbonyl (C=O) groups excluding carboxylic acids is 2. The summed E-state index contributed by atoms with van der Waals surface area (Å²) in [7, 11) is 0. The highest BCUT2D eigenvalue weighted by Crippen LogP contribution is 2.53. The molecule has 2 aliphatic rings. The number of isocyanates is 1. The zero-order chi connectivity index (χ0) is 14.9. The first-order valence-electron chi connectivity index (χ1n) is 7.43. The molecule has 0 aromatic heterocycles. The average molecular weight is 280 g/mol. The maximum absolute atomic E-state index is 12.1. The lowest BCUT2D eigenvalue weighted by atomic mass is 9.74. The summed E-state index contributed by atoms with van der Waals surface area (Å²) >= 11 is 0. The lowest BCUT2D eigenvalue weighted by Gasteiger charge is -2.42. The van der Waals surface area contributed by atoms with Gasteiger partial charge in [0.25, 0.3) is 0 Å². The quantitative estimate of drug-likeness (QED) is 0.638. The van der Waals surface area contributed by atoms with Crippen LogP contribution in [0.25, 0.3) is 0 Å². The molecular weight excluding hydrogens is 256 g/mol. The van der Waals surface area contributed by atoms with E-state index in [4.69, 9.17) is 4.74 Å². The van der Waals surface area contributed by atoms with Crippen LogP contribution < -0.4 is 5.32 Å². The number of hydrogen-bond donors (Lipinski definition) is 1. The van der Waals surface area contributed by atoms with Crippen LogP contribution in [0.1, 0.15) is 65.7 Å². The molecule has 2 saturated carbocycles. The molecule has 112 valence electrons. The second-order valence-electron chi connectivity index (χ2n) is 7.00. The zero-order valence-corrected chi connectivity index (χ0v) is 12.6. The van der Waals surface area contributed by atoms with Gasteiger partial charge in [0.05, 0.1) is 11.1 Å². The molecule has 0 radical (unpaired) electrons. The van der Waals surface area contributed by atoms with Crippen molar-refractivity contribution in [3.63, 3.8) is 0 Å². The first-order valence-corrected chi connectivity index (χ1v) is 7.43. The molecule has 0 heterocycles. The summed E-state index contributed by atoms with van der Waals surface area (Å²) in [5.41, 5.74) is -1.39. The third kappa shape index (κ3) is 3.04. The molecule has 5 nitrogen and oxygen atoms in total. The molecule has 5 heteroatoms. The smallest absolute Gasteiger partial charge is 0.408 e. The summed E-state index contributed by atoms with van der Waals surface area (Å²) in [6, 6.07) is 0. The number of carbonyl (C=O) groups is 1. The lowest BCUT2D eigenvalue weighted by molar-refractivity contribution is 0.0385. The molecule has 0 bridgehead atoms. The summed E-state index contributed by atoms with van der Waals surface area (Å²) < 4.78 is 5.38. The second kappa shape index (κ2) is 5.21. The molecule has 0 aromatic rings. The second-order valence-corrected chi connectivity index (χ2v) is 7.00. The Kier molecular flexibility index (Phi) is 3.92. The number of aliphatic imine (C=N–C) groups is 1. The fraction of sp³-hybridized carbons (Fsp3) is 0.867. The molecule has 0 saturated heterocycles. The first-order chi connectivity index (χ1) is 9.33. The Balaban J connectivity index is 2.16. The van der Waals surface area contributed by atoms with Crippen LogP contribution in [0.4, 0.5) is 4.79 Å². The summed E-state index contributed by atoms with van der Waals surface area (Å²) in [5.74, 6) is 0. The van der Waals surface area contributed by atoms with Gasteiger partial charge in [-0.05, 0) is 46.5 Å². The highest BCUT2D eigenvalue weighted by molar-refractivity contribution is 5.69. The normalized spacial score (nSPS) is 23.4.